The fourth-order valence-electron chi connectivity index (χ4n) is 2.24. The summed E-state index contributed by atoms with van der Waals surface area (Å²) < 4.78 is 51.6. The Morgan fingerprint density at radius 2 is 1.78 bits per heavy atom. The number of hydrogen-bond acceptors (Lipinski definition) is 3. The van der Waals surface area contributed by atoms with Crippen molar-refractivity contribution in [3.63, 3.8) is 0 Å². The Hall–Kier alpha value is -1.96. The highest BCUT2D eigenvalue weighted by molar-refractivity contribution is 5.99. The minimum atomic E-state index is -3.43. The van der Waals surface area contributed by atoms with Gasteiger partial charge in [0.2, 0.25) is 5.72 Å². The van der Waals surface area contributed by atoms with E-state index in [2.05, 4.69) is 5.10 Å². The van der Waals surface area contributed by atoms with Gasteiger partial charge >= 0.3 is 0 Å². The van der Waals surface area contributed by atoms with Crippen LogP contribution in [-0.2, 0) is 0 Å². The molecule has 1 aromatic carbocycles. The molecule has 23 heavy (non-hydrogen) atoms. The van der Waals surface area contributed by atoms with E-state index in [1.807, 2.05) is 13.8 Å². The number of rotatable bonds is 4. The number of amides is 1. The highest BCUT2D eigenvalue weighted by Crippen LogP contribution is 2.34. The highest BCUT2D eigenvalue weighted by Gasteiger charge is 2.53. The van der Waals surface area contributed by atoms with E-state index >= 15 is 0 Å². The van der Waals surface area contributed by atoms with Gasteiger partial charge in [-0.15, -0.1) is 0 Å². The lowest BCUT2D eigenvalue weighted by Crippen LogP contribution is -2.51. The zero-order valence-electron chi connectivity index (χ0n) is 12.5. The normalized spacial score (nSPS) is 21.5. The van der Waals surface area contributed by atoms with E-state index in [1.165, 1.54) is 12.1 Å². The smallest absolute Gasteiger partial charge is 0.287 e. The van der Waals surface area contributed by atoms with Crippen LogP contribution in [0.1, 0.15) is 42.1 Å². The number of aliphatic hydroxyl groups is 1. The lowest BCUT2D eigenvalue weighted by atomic mass is 10.0. The second-order valence-corrected chi connectivity index (χ2v) is 5.64. The molecule has 0 aliphatic carbocycles. The van der Waals surface area contributed by atoms with E-state index in [9.17, 15) is 27.5 Å². The Balaban J connectivity index is 2.34. The summed E-state index contributed by atoms with van der Waals surface area (Å²) in [6.07, 6.45) is -7.64. The molecule has 1 heterocycles. The van der Waals surface area contributed by atoms with Crippen LogP contribution in [-0.4, -0.2) is 40.3 Å². The molecule has 1 amide bonds. The first kappa shape index (κ1) is 17.4. The lowest BCUT2D eigenvalue weighted by molar-refractivity contribution is -0.164. The Morgan fingerprint density at radius 1 is 1.22 bits per heavy atom. The molecule has 126 valence electrons. The standard InChI is InChI=1S/C15H16F4N2O2/c1-8(2)9-3-5-10(6-4-9)13(22)21-15(23,14(18)19)7-11(20-21)12(16)17/h3-6,8,12,14,23H,7H2,1-2H3. The van der Waals surface area contributed by atoms with E-state index in [4.69, 9.17) is 0 Å². The number of carbonyl (C=O) groups excluding carboxylic acids is 1. The van der Waals surface area contributed by atoms with Crippen molar-refractivity contribution in [2.24, 2.45) is 5.10 Å². The van der Waals surface area contributed by atoms with Gasteiger partial charge in [-0.2, -0.15) is 10.1 Å². The van der Waals surface area contributed by atoms with Crippen molar-refractivity contribution in [1.82, 2.24) is 5.01 Å². The molecule has 1 aliphatic heterocycles. The molecule has 0 saturated heterocycles. The summed E-state index contributed by atoms with van der Waals surface area (Å²) in [5, 5.41) is 13.2. The third-order valence-corrected chi connectivity index (χ3v) is 3.65. The van der Waals surface area contributed by atoms with Crippen LogP contribution >= 0.6 is 0 Å². The van der Waals surface area contributed by atoms with Crippen LogP contribution in [0, 0.1) is 0 Å². The Labute approximate surface area is 130 Å². The van der Waals surface area contributed by atoms with Crippen molar-refractivity contribution in [2.45, 2.75) is 44.8 Å². The quantitative estimate of drug-likeness (QED) is 0.861. The van der Waals surface area contributed by atoms with Gasteiger partial charge in [-0.1, -0.05) is 26.0 Å². The molecule has 1 N–H and O–H groups in total. The Morgan fingerprint density at radius 3 is 2.22 bits per heavy atom. The topological polar surface area (TPSA) is 52.9 Å². The number of hydrazone groups is 1. The van der Waals surface area contributed by atoms with Crippen molar-refractivity contribution in [3.8, 4) is 0 Å². The molecular formula is C15H16F4N2O2. The molecule has 1 atom stereocenters. The summed E-state index contributed by atoms with van der Waals surface area (Å²) in [5.74, 6) is -0.855. The summed E-state index contributed by atoms with van der Waals surface area (Å²) in [7, 11) is 0. The fraction of sp³-hybridized carbons (Fsp3) is 0.467. The van der Waals surface area contributed by atoms with E-state index < -0.39 is 36.6 Å². The van der Waals surface area contributed by atoms with Gasteiger partial charge in [-0.3, -0.25) is 4.79 Å². The SMILES string of the molecule is CC(C)c1ccc(C(=O)N2N=C(C(F)F)CC2(O)C(F)F)cc1. The predicted octanol–water partition coefficient (Wildman–Crippen LogP) is 3.23. The molecule has 4 nitrogen and oxygen atoms in total. The minimum Gasteiger partial charge on any atom is -0.364 e. The molecular weight excluding hydrogens is 316 g/mol. The van der Waals surface area contributed by atoms with Gasteiger partial charge in [0.1, 0.15) is 5.71 Å². The highest BCUT2D eigenvalue weighted by atomic mass is 19.3. The van der Waals surface area contributed by atoms with Crippen LogP contribution < -0.4 is 0 Å². The van der Waals surface area contributed by atoms with Crippen molar-refractivity contribution < 1.29 is 27.5 Å². The zero-order valence-corrected chi connectivity index (χ0v) is 12.5. The molecule has 8 heteroatoms. The van der Waals surface area contributed by atoms with Crippen molar-refractivity contribution in [3.05, 3.63) is 35.4 Å². The average molecular weight is 332 g/mol. The first-order chi connectivity index (χ1) is 10.7. The van der Waals surface area contributed by atoms with E-state index in [-0.39, 0.29) is 16.5 Å². The van der Waals surface area contributed by atoms with Crippen LogP contribution in [0.15, 0.2) is 29.4 Å². The molecule has 0 aromatic heterocycles. The van der Waals surface area contributed by atoms with Gasteiger partial charge in [0.05, 0.1) is 0 Å². The summed E-state index contributed by atoms with van der Waals surface area (Å²) in [5.41, 5.74) is -3.10. The van der Waals surface area contributed by atoms with E-state index in [0.29, 0.717) is 0 Å². The maximum Gasteiger partial charge on any atom is 0.287 e. The Kier molecular flexibility index (Phi) is 4.74. The van der Waals surface area contributed by atoms with Gasteiger partial charge in [0, 0.05) is 12.0 Å². The summed E-state index contributed by atoms with van der Waals surface area (Å²) >= 11 is 0. The maximum atomic E-state index is 13.1. The molecule has 0 fully saturated rings. The van der Waals surface area contributed by atoms with Crippen LogP contribution in [0.25, 0.3) is 0 Å². The van der Waals surface area contributed by atoms with Crippen molar-refractivity contribution in [2.75, 3.05) is 0 Å². The third kappa shape index (κ3) is 3.21. The first-order valence-electron chi connectivity index (χ1n) is 6.97. The predicted molar refractivity (Wildman–Crippen MR) is 75.7 cm³/mol. The van der Waals surface area contributed by atoms with Gasteiger partial charge in [-0.25, -0.2) is 17.6 Å². The van der Waals surface area contributed by atoms with Crippen LogP contribution in [0.2, 0.25) is 0 Å². The minimum absolute atomic E-state index is 0.0206. The van der Waals surface area contributed by atoms with E-state index in [1.54, 1.807) is 12.1 Å². The largest absolute Gasteiger partial charge is 0.364 e. The van der Waals surface area contributed by atoms with Gasteiger partial charge in [0.15, 0.2) is 0 Å². The van der Waals surface area contributed by atoms with Crippen LogP contribution in [0.5, 0.6) is 0 Å². The number of carbonyl (C=O) groups is 1. The number of nitrogens with zero attached hydrogens (tertiary/aromatic N) is 2. The van der Waals surface area contributed by atoms with E-state index in [0.717, 1.165) is 5.56 Å². The third-order valence-electron chi connectivity index (χ3n) is 3.65. The molecule has 1 aromatic rings. The summed E-state index contributed by atoms with van der Waals surface area (Å²) in [6, 6.07) is 6.04. The average Bonchev–Trinajstić information content (AvgIpc) is 2.86. The first-order valence-corrected chi connectivity index (χ1v) is 6.97. The molecule has 0 bridgehead atoms. The molecule has 1 unspecified atom stereocenters. The summed E-state index contributed by atoms with van der Waals surface area (Å²) in [4.78, 5) is 12.3. The maximum absolute atomic E-state index is 13.1. The number of hydrogen-bond donors (Lipinski definition) is 1. The monoisotopic (exact) mass is 332 g/mol. The summed E-state index contributed by atoms with van der Waals surface area (Å²) in [6.45, 7) is 3.87. The van der Waals surface area contributed by atoms with Gasteiger partial charge in [0.25, 0.3) is 18.8 Å². The second-order valence-electron chi connectivity index (χ2n) is 5.64. The fourth-order valence-corrected chi connectivity index (χ4v) is 2.24. The van der Waals surface area contributed by atoms with Crippen LogP contribution in [0.4, 0.5) is 17.6 Å². The Bertz CT molecular complexity index is 616. The lowest BCUT2D eigenvalue weighted by Gasteiger charge is -2.30. The molecule has 0 spiro atoms. The van der Waals surface area contributed by atoms with Gasteiger partial charge < -0.3 is 5.11 Å². The van der Waals surface area contributed by atoms with Crippen molar-refractivity contribution in [1.29, 1.82) is 0 Å². The zero-order chi connectivity index (χ0) is 17.4. The second kappa shape index (κ2) is 6.27. The number of alkyl halides is 4. The number of halogens is 4. The number of benzene rings is 1. The molecule has 1 aliphatic rings. The van der Waals surface area contributed by atoms with Crippen LogP contribution in [0.3, 0.4) is 0 Å². The molecule has 2 rings (SSSR count). The van der Waals surface area contributed by atoms with Crippen molar-refractivity contribution >= 4 is 11.6 Å². The molecule has 0 saturated carbocycles. The molecule has 0 radical (unpaired) electrons. The van der Waals surface area contributed by atoms with Gasteiger partial charge in [-0.05, 0) is 23.6 Å².